The number of hydrogen-bond donors (Lipinski definition) is 2. The highest BCUT2D eigenvalue weighted by atomic mass is 16.5. The van der Waals surface area contributed by atoms with E-state index in [1.54, 1.807) is 0 Å². The molecule has 0 radical (unpaired) electrons. The zero-order chi connectivity index (χ0) is 12.6. The number of nitrogens with zero attached hydrogens (tertiary/aromatic N) is 2. The molecule has 1 aromatic heterocycles. The lowest BCUT2D eigenvalue weighted by Crippen LogP contribution is -2.31. The number of nitrogens with one attached hydrogen (secondary N) is 1. The summed E-state index contributed by atoms with van der Waals surface area (Å²) in [6.45, 7) is 3.34. The van der Waals surface area contributed by atoms with Crippen LogP contribution >= 0.6 is 0 Å². The number of aliphatic hydroxyl groups excluding tert-OH is 1. The SMILES string of the molecule is CC1(c2noc([C@@H]3C[C@@H](O)CN3)n2)CCCCO1. The van der Waals surface area contributed by atoms with E-state index in [1.807, 2.05) is 6.92 Å². The quantitative estimate of drug-likeness (QED) is 0.814. The van der Waals surface area contributed by atoms with Crippen LogP contribution in [0.3, 0.4) is 0 Å². The van der Waals surface area contributed by atoms with Gasteiger partial charge in [-0.1, -0.05) is 5.16 Å². The first-order valence-electron chi connectivity index (χ1n) is 6.57. The van der Waals surface area contributed by atoms with Gasteiger partial charge in [0.1, 0.15) is 5.60 Å². The zero-order valence-electron chi connectivity index (χ0n) is 10.6. The van der Waals surface area contributed by atoms with E-state index in [0.717, 1.165) is 25.9 Å². The van der Waals surface area contributed by atoms with Gasteiger partial charge in [0.15, 0.2) is 0 Å². The molecule has 1 unspecified atom stereocenters. The number of β-amino-alcohol motifs (C(OH)–C–C–N with tert-alkyl or cyclic N) is 1. The average Bonchev–Trinajstić information content (AvgIpc) is 2.98. The Kier molecular flexibility index (Phi) is 3.09. The third-order valence-electron chi connectivity index (χ3n) is 3.79. The molecular formula is C12H19N3O3. The predicted molar refractivity (Wildman–Crippen MR) is 62.8 cm³/mol. The van der Waals surface area contributed by atoms with Crippen LogP contribution in [-0.2, 0) is 10.3 Å². The summed E-state index contributed by atoms with van der Waals surface area (Å²) in [5, 5.41) is 16.7. The topological polar surface area (TPSA) is 80.4 Å². The highest BCUT2D eigenvalue weighted by molar-refractivity contribution is 5.04. The van der Waals surface area contributed by atoms with Crippen LogP contribution in [-0.4, -0.2) is 34.5 Å². The van der Waals surface area contributed by atoms with E-state index in [0.29, 0.717) is 24.7 Å². The highest BCUT2D eigenvalue weighted by Crippen LogP contribution is 2.33. The predicted octanol–water partition coefficient (Wildman–Crippen LogP) is 0.881. The molecule has 100 valence electrons. The maximum atomic E-state index is 9.49. The smallest absolute Gasteiger partial charge is 0.243 e. The third kappa shape index (κ3) is 2.15. The van der Waals surface area contributed by atoms with E-state index < -0.39 is 5.60 Å². The van der Waals surface area contributed by atoms with Crippen LogP contribution in [0.15, 0.2) is 4.52 Å². The number of hydrogen-bond acceptors (Lipinski definition) is 6. The molecule has 3 heterocycles. The first-order valence-corrected chi connectivity index (χ1v) is 6.57. The second-order valence-corrected chi connectivity index (χ2v) is 5.34. The molecule has 2 aliphatic heterocycles. The molecule has 0 aliphatic carbocycles. The van der Waals surface area contributed by atoms with Gasteiger partial charge in [0.2, 0.25) is 11.7 Å². The van der Waals surface area contributed by atoms with Crippen molar-refractivity contribution in [3.63, 3.8) is 0 Å². The van der Waals surface area contributed by atoms with E-state index >= 15 is 0 Å². The molecule has 2 fully saturated rings. The van der Waals surface area contributed by atoms with Gasteiger partial charge in [-0.15, -0.1) is 0 Å². The minimum absolute atomic E-state index is 0.0339. The molecule has 1 aromatic rings. The lowest BCUT2D eigenvalue weighted by molar-refractivity contribution is -0.0770. The van der Waals surface area contributed by atoms with Gasteiger partial charge in [-0.25, -0.2) is 0 Å². The number of aliphatic hydroxyl groups is 1. The van der Waals surface area contributed by atoms with Crippen molar-refractivity contribution in [3.8, 4) is 0 Å². The van der Waals surface area contributed by atoms with Crippen LogP contribution in [0, 0.1) is 0 Å². The fourth-order valence-electron chi connectivity index (χ4n) is 2.61. The lowest BCUT2D eigenvalue weighted by atomic mass is 9.95. The molecule has 3 atom stereocenters. The number of rotatable bonds is 2. The molecule has 6 nitrogen and oxygen atoms in total. The third-order valence-corrected chi connectivity index (χ3v) is 3.79. The normalized spacial score (nSPS) is 37.0. The van der Waals surface area contributed by atoms with Gasteiger partial charge in [0, 0.05) is 13.2 Å². The van der Waals surface area contributed by atoms with E-state index in [-0.39, 0.29) is 12.1 Å². The first kappa shape index (κ1) is 12.1. The van der Waals surface area contributed by atoms with Crippen LogP contribution in [0.2, 0.25) is 0 Å². The molecule has 2 saturated heterocycles. The van der Waals surface area contributed by atoms with Crippen molar-refractivity contribution >= 4 is 0 Å². The molecule has 0 bridgehead atoms. The maximum Gasteiger partial charge on any atom is 0.243 e. The van der Waals surface area contributed by atoms with Crippen molar-refractivity contribution < 1.29 is 14.4 Å². The van der Waals surface area contributed by atoms with Crippen LogP contribution in [0.25, 0.3) is 0 Å². The Morgan fingerprint density at radius 1 is 1.44 bits per heavy atom. The molecule has 0 spiro atoms. The summed E-state index contributed by atoms with van der Waals surface area (Å²) in [6.07, 6.45) is 3.44. The van der Waals surface area contributed by atoms with Gasteiger partial charge in [0.05, 0.1) is 12.1 Å². The van der Waals surface area contributed by atoms with E-state index in [2.05, 4.69) is 15.5 Å². The lowest BCUT2D eigenvalue weighted by Gasteiger charge is -2.30. The minimum atomic E-state index is -0.419. The van der Waals surface area contributed by atoms with Gasteiger partial charge in [-0.05, 0) is 32.6 Å². The molecular weight excluding hydrogens is 234 g/mol. The van der Waals surface area contributed by atoms with Gasteiger partial charge in [0.25, 0.3) is 0 Å². The Morgan fingerprint density at radius 2 is 2.33 bits per heavy atom. The monoisotopic (exact) mass is 253 g/mol. The van der Waals surface area contributed by atoms with Gasteiger partial charge in [-0.3, -0.25) is 0 Å². The molecule has 0 saturated carbocycles. The summed E-state index contributed by atoms with van der Waals surface area (Å²) in [6, 6.07) is -0.0339. The maximum absolute atomic E-state index is 9.49. The zero-order valence-corrected chi connectivity index (χ0v) is 10.6. The van der Waals surface area contributed by atoms with E-state index in [9.17, 15) is 5.11 Å². The summed E-state index contributed by atoms with van der Waals surface area (Å²) in [5.41, 5.74) is -0.419. The minimum Gasteiger partial charge on any atom is -0.392 e. The first-order chi connectivity index (χ1) is 8.67. The van der Waals surface area contributed by atoms with Crippen molar-refractivity contribution in [2.45, 2.75) is 50.4 Å². The van der Waals surface area contributed by atoms with Gasteiger partial charge >= 0.3 is 0 Å². The van der Waals surface area contributed by atoms with Crippen LogP contribution < -0.4 is 5.32 Å². The van der Waals surface area contributed by atoms with Crippen molar-refractivity contribution in [3.05, 3.63) is 11.7 Å². The Hall–Kier alpha value is -0.980. The van der Waals surface area contributed by atoms with Crippen molar-refractivity contribution in [1.29, 1.82) is 0 Å². The second kappa shape index (κ2) is 4.60. The molecule has 3 rings (SSSR count). The fraction of sp³-hybridized carbons (Fsp3) is 0.833. The molecule has 0 amide bonds. The highest BCUT2D eigenvalue weighted by Gasteiger charge is 2.36. The van der Waals surface area contributed by atoms with E-state index in [4.69, 9.17) is 9.26 Å². The fourth-order valence-corrected chi connectivity index (χ4v) is 2.61. The Morgan fingerprint density at radius 3 is 3.00 bits per heavy atom. The Labute approximate surface area is 106 Å². The molecule has 18 heavy (non-hydrogen) atoms. The number of aromatic nitrogens is 2. The van der Waals surface area contributed by atoms with Crippen molar-refractivity contribution in [1.82, 2.24) is 15.5 Å². The second-order valence-electron chi connectivity index (χ2n) is 5.34. The Balaban J connectivity index is 1.76. The number of ether oxygens (including phenoxy) is 1. The molecule has 2 aliphatic rings. The van der Waals surface area contributed by atoms with Crippen molar-refractivity contribution in [2.24, 2.45) is 0 Å². The largest absolute Gasteiger partial charge is 0.392 e. The van der Waals surface area contributed by atoms with Gasteiger partial charge in [-0.2, -0.15) is 4.98 Å². The standard InChI is InChI=1S/C12H19N3O3/c1-12(4-2-3-5-17-12)11-14-10(18-15-11)9-6-8(16)7-13-9/h8-9,13,16H,2-7H2,1H3/t8-,9+,12?/m1/s1. The van der Waals surface area contributed by atoms with Crippen LogP contribution in [0.5, 0.6) is 0 Å². The summed E-state index contributed by atoms with van der Waals surface area (Å²) in [5.74, 6) is 1.18. The van der Waals surface area contributed by atoms with Crippen molar-refractivity contribution in [2.75, 3.05) is 13.2 Å². The summed E-state index contributed by atoms with van der Waals surface area (Å²) < 4.78 is 11.1. The summed E-state index contributed by atoms with van der Waals surface area (Å²) in [7, 11) is 0. The Bertz CT molecular complexity index is 414. The van der Waals surface area contributed by atoms with Crippen LogP contribution in [0.1, 0.15) is 50.4 Å². The molecule has 2 N–H and O–H groups in total. The summed E-state index contributed by atoms with van der Waals surface area (Å²) >= 11 is 0. The van der Waals surface area contributed by atoms with Gasteiger partial charge < -0.3 is 19.7 Å². The molecule has 6 heteroatoms. The van der Waals surface area contributed by atoms with E-state index in [1.165, 1.54) is 0 Å². The average molecular weight is 253 g/mol. The molecule has 0 aromatic carbocycles. The summed E-state index contributed by atoms with van der Waals surface area (Å²) in [4.78, 5) is 4.45. The van der Waals surface area contributed by atoms with Crippen LogP contribution in [0.4, 0.5) is 0 Å².